The molecule has 0 heterocycles. The monoisotopic (exact) mass is 406 g/mol. The first-order valence-electron chi connectivity index (χ1n) is 11.8. The summed E-state index contributed by atoms with van der Waals surface area (Å²) < 4.78 is 5.59. The normalized spacial score (nSPS) is 11.6. The van der Waals surface area contributed by atoms with Gasteiger partial charge in [-0.25, -0.2) is 0 Å². The van der Waals surface area contributed by atoms with E-state index < -0.39 is 0 Å². The van der Waals surface area contributed by atoms with E-state index in [9.17, 15) is 4.79 Å². The van der Waals surface area contributed by atoms with E-state index in [1.54, 1.807) is 0 Å². The molecule has 0 amide bonds. The molecule has 0 N–H and O–H groups in total. The van der Waals surface area contributed by atoms with E-state index in [0.717, 1.165) is 36.5 Å². The zero-order chi connectivity index (χ0) is 21.3. The summed E-state index contributed by atoms with van der Waals surface area (Å²) >= 11 is 0. The minimum Gasteiger partial charge on any atom is -0.426 e. The van der Waals surface area contributed by atoms with E-state index in [1.165, 1.54) is 44.9 Å². The Balaban J connectivity index is 1.48. The van der Waals surface area contributed by atoms with Crippen LogP contribution in [0.2, 0.25) is 0 Å². The molecular formula is C28H38O2. The van der Waals surface area contributed by atoms with E-state index in [4.69, 9.17) is 4.74 Å². The number of hydrogen-bond acceptors (Lipinski definition) is 2. The van der Waals surface area contributed by atoms with Gasteiger partial charge in [0.2, 0.25) is 0 Å². The Labute approximate surface area is 183 Å². The summed E-state index contributed by atoms with van der Waals surface area (Å²) in [6, 6.07) is 13.8. The molecule has 2 nitrogen and oxygen atoms in total. The molecule has 0 saturated heterocycles. The molecule has 0 bridgehead atoms. The van der Waals surface area contributed by atoms with Crippen molar-refractivity contribution in [1.29, 1.82) is 0 Å². The van der Waals surface area contributed by atoms with E-state index >= 15 is 0 Å². The third-order valence-electron chi connectivity index (χ3n) is 5.30. The third-order valence-corrected chi connectivity index (χ3v) is 5.30. The summed E-state index contributed by atoms with van der Waals surface area (Å²) in [5, 5.41) is 2.09. The average molecular weight is 407 g/mol. The highest BCUT2D eigenvalue weighted by atomic mass is 16.5. The van der Waals surface area contributed by atoms with Crippen molar-refractivity contribution in [3.8, 4) is 5.75 Å². The van der Waals surface area contributed by atoms with Gasteiger partial charge in [0.15, 0.2) is 0 Å². The molecule has 0 aliphatic carbocycles. The number of esters is 1. The van der Waals surface area contributed by atoms with Crippen LogP contribution in [0.3, 0.4) is 0 Å². The molecule has 0 fully saturated rings. The SMILES string of the molecule is CCCCC/C=C\C/C=C\CCCCCCCC(=O)Oc1cccc2ccccc12. The quantitative estimate of drug-likeness (QED) is 0.128. The molecule has 0 spiro atoms. The van der Waals surface area contributed by atoms with Gasteiger partial charge in [-0.15, -0.1) is 0 Å². The van der Waals surface area contributed by atoms with Crippen LogP contribution in [0.15, 0.2) is 66.8 Å². The largest absolute Gasteiger partial charge is 0.426 e. The summed E-state index contributed by atoms with van der Waals surface area (Å²) in [6.07, 6.45) is 22.7. The molecule has 30 heavy (non-hydrogen) atoms. The molecule has 2 rings (SSSR count). The van der Waals surface area contributed by atoms with Crippen molar-refractivity contribution in [3.05, 3.63) is 66.8 Å². The molecule has 2 aromatic carbocycles. The molecule has 0 aromatic heterocycles. The number of allylic oxidation sites excluding steroid dienone is 4. The van der Waals surface area contributed by atoms with E-state index in [1.807, 2.05) is 42.5 Å². The standard InChI is InChI=1S/C28H38O2/c1-2-3-4-5-6-7-8-9-10-11-12-13-14-15-16-24-28(29)30-27-23-19-21-25-20-17-18-22-26(25)27/h6-7,9-10,17-23H,2-5,8,11-16,24H2,1H3/b7-6-,10-9-. The Kier molecular flexibility index (Phi) is 12.3. The predicted molar refractivity (Wildman–Crippen MR) is 129 cm³/mol. The van der Waals surface area contributed by atoms with Crippen molar-refractivity contribution in [2.75, 3.05) is 0 Å². The summed E-state index contributed by atoms with van der Waals surface area (Å²) in [5.41, 5.74) is 0. The molecule has 2 aromatic rings. The second kappa shape index (κ2) is 15.5. The van der Waals surface area contributed by atoms with Crippen LogP contribution >= 0.6 is 0 Å². The zero-order valence-electron chi connectivity index (χ0n) is 18.7. The average Bonchev–Trinajstić information content (AvgIpc) is 2.76. The lowest BCUT2D eigenvalue weighted by Gasteiger charge is -2.07. The summed E-state index contributed by atoms with van der Waals surface area (Å²) in [4.78, 5) is 12.2. The van der Waals surface area contributed by atoms with Gasteiger partial charge < -0.3 is 4.74 Å². The smallest absolute Gasteiger partial charge is 0.311 e. The maximum absolute atomic E-state index is 12.2. The molecule has 162 valence electrons. The lowest BCUT2D eigenvalue weighted by atomic mass is 10.1. The zero-order valence-corrected chi connectivity index (χ0v) is 18.7. The van der Waals surface area contributed by atoms with Crippen molar-refractivity contribution in [1.82, 2.24) is 0 Å². The van der Waals surface area contributed by atoms with Crippen LogP contribution in [0.4, 0.5) is 0 Å². The van der Waals surface area contributed by atoms with Gasteiger partial charge in [-0.3, -0.25) is 4.79 Å². The molecular weight excluding hydrogens is 368 g/mol. The number of carbonyl (C=O) groups excluding carboxylic acids is 1. The van der Waals surface area contributed by atoms with Crippen LogP contribution in [0.1, 0.15) is 84.0 Å². The first-order valence-corrected chi connectivity index (χ1v) is 11.8. The van der Waals surface area contributed by atoms with Gasteiger partial charge in [-0.05, 0) is 50.0 Å². The van der Waals surface area contributed by atoms with Gasteiger partial charge >= 0.3 is 5.97 Å². The van der Waals surface area contributed by atoms with Gasteiger partial charge in [0.25, 0.3) is 0 Å². The predicted octanol–water partition coefficient (Wildman–Crippen LogP) is 8.56. The fraction of sp³-hybridized carbons (Fsp3) is 0.464. The maximum atomic E-state index is 12.2. The second-order valence-electron chi connectivity index (χ2n) is 7.93. The Hall–Kier alpha value is -2.35. The Bertz CT molecular complexity index is 783. The number of unbranched alkanes of at least 4 members (excludes halogenated alkanes) is 8. The molecule has 0 aliphatic rings. The van der Waals surface area contributed by atoms with Crippen molar-refractivity contribution in [2.45, 2.75) is 84.0 Å². The molecule has 0 atom stereocenters. The fourth-order valence-corrected chi connectivity index (χ4v) is 3.54. The summed E-state index contributed by atoms with van der Waals surface area (Å²) in [6.45, 7) is 2.24. The summed E-state index contributed by atoms with van der Waals surface area (Å²) in [5.74, 6) is 0.540. The fourth-order valence-electron chi connectivity index (χ4n) is 3.54. The Morgan fingerprint density at radius 2 is 1.43 bits per heavy atom. The van der Waals surface area contributed by atoms with Gasteiger partial charge in [0, 0.05) is 11.8 Å². The van der Waals surface area contributed by atoms with Crippen molar-refractivity contribution < 1.29 is 9.53 Å². The number of rotatable bonds is 15. The number of fused-ring (bicyclic) bond motifs is 1. The minimum absolute atomic E-state index is 0.128. The molecule has 0 radical (unpaired) electrons. The van der Waals surface area contributed by atoms with Crippen LogP contribution in [-0.2, 0) is 4.79 Å². The van der Waals surface area contributed by atoms with E-state index in [0.29, 0.717) is 12.2 Å². The van der Waals surface area contributed by atoms with Gasteiger partial charge in [0.05, 0.1) is 0 Å². The number of carbonyl (C=O) groups is 1. The molecule has 2 heteroatoms. The van der Waals surface area contributed by atoms with Crippen LogP contribution in [0.25, 0.3) is 10.8 Å². The number of benzene rings is 2. The second-order valence-corrected chi connectivity index (χ2v) is 7.93. The Morgan fingerprint density at radius 1 is 0.767 bits per heavy atom. The topological polar surface area (TPSA) is 26.3 Å². The third kappa shape index (κ3) is 9.91. The van der Waals surface area contributed by atoms with Gasteiger partial charge in [0.1, 0.15) is 5.75 Å². The maximum Gasteiger partial charge on any atom is 0.311 e. The number of ether oxygens (including phenoxy) is 1. The highest BCUT2D eigenvalue weighted by Crippen LogP contribution is 2.25. The van der Waals surface area contributed by atoms with Crippen LogP contribution in [0.5, 0.6) is 5.75 Å². The molecule has 0 aliphatic heterocycles. The summed E-state index contributed by atoms with van der Waals surface area (Å²) in [7, 11) is 0. The molecule has 0 saturated carbocycles. The lowest BCUT2D eigenvalue weighted by Crippen LogP contribution is -2.07. The van der Waals surface area contributed by atoms with E-state index in [-0.39, 0.29) is 5.97 Å². The highest BCUT2D eigenvalue weighted by molar-refractivity contribution is 5.90. The number of hydrogen-bond donors (Lipinski definition) is 0. The van der Waals surface area contributed by atoms with Gasteiger partial charge in [-0.1, -0.05) is 99.7 Å². The van der Waals surface area contributed by atoms with Crippen molar-refractivity contribution >= 4 is 16.7 Å². The van der Waals surface area contributed by atoms with E-state index in [2.05, 4.69) is 31.2 Å². The highest BCUT2D eigenvalue weighted by Gasteiger charge is 2.07. The lowest BCUT2D eigenvalue weighted by molar-refractivity contribution is -0.134. The first-order chi connectivity index (χ1) is 14.8. The first kappa shape index (κ1) is 23.9. The molecule has 0 unspecified atom stereocenters. The van der Waals surface area contributed by atoms with Crippen LogP contribution < -0.4 is 4.74 Å². The van der Waals surface area contributed by atoms with Crippen molar-refractivity contribution in [2.24, 2.45) is 0 Å². The minimum atomic E-state index is -0.128. The van der Waals surface area contributed by atoms with Crippen LogP contribution in [0, 0.1) is 0 Å². The Morgan fingerprint density at radius 3 is 2.23 bits per heavy atom. The van der Waals surface area contributed by atoms with Crippen LogP contribution in [-0.4, -0.2) is 5.97 Å². The van der Waals surface area contributed by atoms with Crippen molar-refractivity contribution in [3.63, 3.8) is 0 Å². The van der Waals surface area contributed by atoms with Gasteiger partial charge in [-0.2, -0.15) is 0 Å².